The predicted molar refractivity (Wildman–Crippen MR) is 64.4 cm³/mol. The molecule has 0 radical (unpaired) electrons. The number of hydrogen-bond acceptors (Lipinski definition) is 2. The van der Waals surface area contributed by atoms with Gasteiger partial charge in [-0.1, -0.05) is 30.0 Å². The largest absolute Gasteiger partial charge is 0.472 e. The molecule has 0 aliphatic heterocycles. The van der Waals surface area contributed by atoms with Crippen LogP contribution in [0.4, 0.5) is 0 Å². The Hall–Kier alpha value is -2.47. The zero-order valence-corrected chi connectivity index (χ0v) is 9.14. The van der Waals surface area contributed by atoms with Gasteiger partial charge in [-0.3, -0.25) is 4.79 Å². The zero-order chi connectivity index (χ0) is 11.9. The predicted octanol–water partition coefficient (Wildman–Crippen LogP) is 2.06. The molecule has 2 rings (SSSR count). The average molecular weight is 225 g/mol. The van der Waals surface area contributed by atoms with E-state index in [4.69, 9.17) is 4.42 Å². The molecule has 3 nitrogen and oxygen atoms in total. The van der Waals surface area contributed by atoms with Crippen LogP contribution in [0.5, 0.6) is 0 Å². The first-order valence-corrected chi connectivity index (χ1v) is 5.20. The molecule has 1 aromatic heterocycles. The third-order valence-corrected chi connectivity index (χ3v) is 2.13. The van der Waals surface area contributed by atoms with E-state index in [-0.39, 0.29) is 5.91 Å². The molecule has 3 heteroatoms. The molecule has 0 saturated heterocycles. The average Bonchev–Trinajstić information content (AvgIpc) is 2.89. The second-order valence-corrected chi connectivity index (χ2v) is 3.36. The Labute approximate surface area is 99.5 Å². The van der Waals surface area contributed by atoms with Gasteiger partial charge in [0.1, 0.15) is 6.26 Å². The number of hydrogen-bond donors (Lipinski definition) is 1. The summed E-state index contributed by atoms with van der Waals surface area (Å²) in [4.78, 5) is 11.5. The molecular weight excluding hydrogens is 214 g/mol. The molecule has 0 unspecified atom stereocenters. The number of carbonyl (C=O) groups is 1. The molecular formula is C14H11NO2. The Kier molecular flexibility index (Phi) is 3.61. The van der Waals surface area contributed by atoms with Gasteiger partial charge in [0, 0.05) is 5.56 Å². The Morgan fingerprint density at radius 1 is 1.24 bits per heavy atom. The van der Waals surface area contributed by atoms with Crippen LogP contribution < -0.4 is 5.32 Å². The number of furan rings is 1. The van der Waals surface area contributed by atoms with Crippen LogP contribution in [0.25, 0.3) is 0 Å². The van der Waals surface area contributed by atoms with Crippen LogP contribution in [0, 0.1) is 11.8 Å². The lowest BCUT2D eigenvalue weighted by Crippen LogP contribution is -2.22. The van der Waals surface area contributed by atoms with E-state index in [1.54, 1.807) is 6.07 Å². The van der Waals surface area contributed by atoms with Crippen molar-refractivity contribution >= 4 is 5.91 Å². The summed E-state index contributed by atoms with van der Waals surface area (Å²) in [5.41, 5.74) is 1.44. The van der Waals surface area contributed by atoms with Gasteiger partial charge in [-0.05, 0) is 18.2 Å². The van der Waals surface area contributed by atoms with Gasteiger partial charge in [-0.2, -0.15) is 0 Å². The van der Waals surface area contributed by atoms with Crippen molar-refractivity contribution in [3.8, 4) is 11.8 Å². The van der Waals surface area contributed by atoms with E-state index < -0.39 is 0 Å². The molecule has 0 saturated carbocycles. The van der Waals surface area contributed by atoms with Gasteiger partial charge in [-0.15, -0.1) is 0 Å². The molecule has 0 spiro atoms. The Morgan fingerprint density at radius 2 is 2.06 bits per heavy atom. The van der Waals surface area contributed by atoms with Crippen molar-refractivity contribution in [2.75, 3.05) is 6.54 Å². The SMILES string of the molecule is O=C(NCC#Cc1ccccc1)c1ccoc1. The van der Waals surface area contributed by atoms with Gasteiger partial charge < -0.3 is 9.73 Å². The van der Waals surface area contributed by atoms with E-state index >= 15 is 0 Å². The highest BCUT2D eigenvalue weighted by molar-refractivity contribution is 5.93. The maximum Gasteiger partial charge on any atom is 0.255 e. The minimum Gasteiger partial charge on any atom is -0.472 e. The fourth-order valence-electron chi connectivity index (χ4n) is 1.29. The Bertz CT molecular complexity index is 533. The minimum absolute atomic E-state index is 0.180. The minimum atomic E-state index is -0.180. The van der Waals surface area contributed by atoms with E-state index in [0.717, 1.165) is 5.56 Å². The highest BCUT2D eigenvalue weighted by atomic mass is 16.3. The lowest BCUT2D eigenvalue weighted by Gasteiger charge is -1.96. The summed E-state index contributed by atoms with van der Waals surface area (Å²) in [6.45, 7) is 0.318. The molecule has 1 amide bonds. The molecule has 0 fully saturated rings. The summed E-state index contributed by atoms with van der Waals surface area (Å²) in [6.07, 6.45) is 2.87. The molecule has 1 aromatic carbocycles. The summed E-state index contributed by atoms with van der Waals surface area (Å²) in [7, 11) is 0. The Balaban J connectivity index is 1.85. The van der Waals surface area contributed by atoms with Gasteiger partial charge in [0.15, 0.2) is 0 Å². The van der Waals surface area contributed by atoms with Gasteiger partial charge in [0.2, 0.25) is 0 Å². The zero-order valence-electron chi connectivity index (χ0n) is 9.14. The summed E-state index contributed by atoms with van der Waals surface area (Å²) in [6, 6.07) is 11.2. The molecule has 1 heterocycles. The number of benzene rings is 1. The first kappa shape index (κ1) is 11.0. The second kappa shape index (κ2) is 5.57. The summed E-state index contributed by atoms with van der Waals surface area (Å²) in [5, 5.41) is 2.68. The summed E-state index contributed by atoms with van der Waals surface area (Å²) < 4.78 is 4.81. The van der Waals surface area contributed by atoms with Crippen molar-refractivity contribution in [3.63, 3.8) is 0 Å². The molecule has 0 aliphatic rings. The smallest absolute Gasteiger partial charge is 0.255 e. The maximum atomic E-state index is 11.5. The third-order valence-electron chi connectivity index (χ3n) is 2.13. The fraction of sp³-hybridized carbons (Fsp3) is 0.0714. The van der Waals surface area contributed by atoms with E-state index in [1.807, 2.05) is 30.3 Å². The van der Waals surface area contributed by atoms with E-state index in [1.165, 1.54) is 12.5 Å². The van der Waals surface area contributed by atoms with Crippen LogP contribution in [-0.4, -0.2) is 12.5 Å². The Morgan fingerprint density at radius 3 is 2.76 bits per heavy atom. The summed E-state index contributed by atoms with van der Waals surface area (Å²) in [5.74, 6) is 5.66. The normalized spacial score (nSPS) is 9.18. The van der Waals surface area contributed by atoms with Crippen molar-refractivity contribution in [3.05, 3.63) is 60.1 Å². The van der Waals surface area contributed by atoms with Crippen LogP contribution >= 0.6 is 0 Å². The molecule has 0 bridgehead atoms. The van der Waals surface area contributed by atoms with E-state index in [0.29, 0.717) is 12.1 Å². The monoisotopic (exact) mass is 225 g/mol. The maximum absolute atomic E-state index is 11.5. The van der Waals surface area contributed by atoms with Crippen molar-refractivity contribution in [1.29, 1.82) is 0 Å². The van der Waals surface area contributed by atoms with Crippen LogP contribution in [0.1, 0.15) is 15.9 Å². The molecule has 2 aromatic rings. The third kappa shape index (κ3) is 3.25. The molecule has 0 atom stereocenters. The molecule has 17 heavy (non-hydrogen) atoms. The number of rotatable bonds is 2. The van der Waals surface area contributed by atoms with Crippen LogP contribution in [-0.2, 0) is 0 Å². The van der Waals surface area contributed by atoms with Crippen molar-refractivity contribution in [2.45, 2.75) is 0 Å². The highest BCUT2D eigenvalue weighted by Gasteiger charge is 2.03. The van der Waals surface area contributed by atoms with E-state index in [2.05, 4.69) is 17.2 Å². The van der Waals surface area contributed by atoms with Gasteiger partial charge in [-0.25, -0.2) is 0 Å². The van der Waals surface area contributed by atoms with Gasteiger partial charge in [0.05, 0.1) is 18.4 Å². The van der Waals surface area contributed by atoms with Crippen LogP contribution in [0.2, 0.25) is 0 Å². The fourth-order valence-corrected chi connectivity index (χ4v) is 1.29. The topological polar surface area (TPSA) is 42.2 Å². The molecule has 1 N–H and O–H groups in total. The molecule has 0 aliphatic carbocycles. The summed E-state index contributed by atoms with van der Waals surface area (Å²) >= 11 is 0. The van der Waals surface area contributed by atoms with Gasteiger partial charge >= 0.3 is 0 Å². The first-order chi connectivity index (χ1) is 8.36. The van der Waals surface area contributed by atoms with Crippen molar-refractivity contribution in [2.24, 2.45) is 0 Å². The van der Waals surface area contributed by atoms with Crippen molar-refractivity contribution in [1.82, 2.24) is 5.32 Å². The second-order valence-electron chi connectivity index (χ2n) is 3.36. The number of nitrogens with one attached hydrogen (secondary N) is 1. The van der Waals surface area contributed by atoms with Crippen LogP contribution in [0.15, 0.2) is 53.3 Å². The number of amides is 1. The van der Waals surface area contributed by atoms with Gasteiger partial charge in [0.25, 0.3) is 5.91 Å². The van der Waals surface area contributed by atoms with E-state index in [9.17, 15) is 4.79 Å². The number of carbonyl (C=O) groups excluding carboxylic acids is 1. The van der Waals surface area contributed by atoms with Crippen molar-refractivity contribution < 1.29 is 9.21 Å². The lowest BCUT2D eigenvalue weighted by atomic mass is 10.2. The standard InChI is InChI=1S/C14H11NO2/c16-14(13-8-10-17-11-13)15-9-4-7-12-5-2-1-3-6-12/h1-3,5-6,8,10-11H,9H2,(H,15,16). The molecule has 84 valence electrons. The first-order valence-electron chi connectivity index (χ1n) is 5.20. The lowest BCUT2D eigenvalue weighted by molar-refractivity contribution is 0.0958. The quantitative estimate of drug-likeness (QED) is 0.795. The van der Waals surface area contributed by atoms with Crippen LogP contribution in [0.3, 0.4) is 0 Å². The highest BCUT2D eigenvalue weighted by Crippen LogP contribution is 1.98.